The van der Waals surface area contributed by atoms with E-state index in [1.54, 1.807) is 31.3 Å². The van der Waals surface area contributed by atoms with Crippen LogP contribution >= 0.6 is 0 Å². The molecule has 0 radical (unpaired) electrons. The molecule has 0 aromatic carbocycles. The molecule has 0 fully saturated rings. The van der Waals surface area contributed by atoms with E-state index in [4.69, 9.17) is 10.1 Å². The average molecular weight is 283 g/mol. The normalized spacial score (nSPS) is 10.6. The Labute approximate surface area is 122 Å². The molecular weight excluding hydrogens is 266 g/mol. The van der Waals surface area contributed by atoms with Crippen LogP contribution in [0.5, 0.6) is 0 Å². The number of carbonyl (C=O) groups excluding carboxylic acids is 1. The maximum absolute atomic E-state index is 12.4. The number of esters is 1. The van der Waals surface area contributed by atoms with Gasteiger partial charge in [0.2, 0.25) is 0 Å². The van der Waals surface area contributed by atoms with Crippen molar-refractivity contribution in [2.24, 2.45) is 0 Å². The summed E-state index contributed by atoms with van der Waals surface area (Å²) >= 11 is 0. The fourth-order valence-electron chi connectivity index (χ4n) is 2.46. The molecule has 5 nitrogen and oxygen atoms in total. The van der Waals surface area contributed by atoms with Crippen LogP contribution in [0.25, 0.3) is 5.52 Å². The summed E-state index contributed by atoms with van der Waals surface area (Å²) in [6, 6.07) is 7.38. The van der Waals surface area contributed by atoms with Gasteiger partial charge in [-0.05, 0) is 30.5 Å². The number of pyridine rings is 2. The molecule has 0 aliphatic heterocycles. The molecule has 1 N–H and O–H groups in total. The van der Waals surface area contributed by atoms with Gasteiger partial charge in [0.05, 0.1) is 23.3 Å². The Hall–Kier alpha value is -2.61. The summed E-state index contributed by atoms with van der Waals surface area (Å²) in [5.41, 5.74) is 1.84. The van der Waals surface area contributed by atoms with Crippen LogP contribution in [0.2, 0.25) is 0 Å². The molecule has 5 heteroatoms. The molecule has 0 saturated heterocycles. The third-order valence-corrected chi connectivity index (χ3v) is 3.30. The van der Waals surface area contributed by atoms with Crippen molar-refractivity contribution in [3.05, 3.63) is 46.6 Å². The zero-order chi connectivity index (χ0) is 15.6. The van der Waals surface area contributed by atoms with Crippen LogP contribution in [0.3, 0.4) is 0 Å². The topological polar surface area (TPSA) is 78.3 Å². The van der Waals surface area contributed by atoms with Crippen LogP contribution in [0.15, 0.2) is 24.4 Å². The lowest BCUT2D eigenvalue weighted by Gasteiger charge is -2.17. The number of rotatable bonds is 3. The summed E-state index contributed by atoms with van der Waals surface area (Å²) in [5, 5.41) is 17.6. The maximum atomic E-state index is 12.4. The standard InChI is InChI=1S/C16H17N3O2/c1-4-21-16(20)14-12-7-5-6-8-19(12)15(18)11(9-17)13(14)10(2)3/h5-8,10,18H,4H2,1-3H3. The minimum Gasteiger partial charge on any atom is -0.462 e. The van der Waals surface area contributed by atoms with Gasteiger partial charge in [0, 0.05) is 6.20 Å². The van der Waals surface area contributed by atoms with Gasteiger partial charge in [0.25, 0.3) is 0 Å². The molecule has 0 atom stereocenters. The van der Waals surface area contributed by atoms with Crippen molar-refractivity contribution in [3.63, 3.8) is 0 Å². The van der Waals surface area contributed by atoms with E-state index < -0.39 is 5.97 Å². The van der Waals surface area contributed by atoms with Crippen LogP contribution in [-0.2, 0) is 4.74 Å². The van der Waals surface area contributed by atoms with Gasteiger partial charge in [0.15, 0.2) is 0 Å². The number of nitriles is 1. The van der Waals surface area contributed by atoms with Gasteiger partial charge < -0.3 is 9.14 Å². The molecule has 108 valence electrons. The van der Waals surface area contributed by atoms with Crippen LogP contribution in [-0.4, -0.2) is 17.0 Å². The van der Waals surface area contributed by atoms with Crippen LogP contribution < -0.4 is 5.49 Å². The van der Waals surface area contributed by atoms with Crippen molar-refractivity contribution in [2.45, 2.75) is 26.7 Å². The first kappa shape index (κ1) is 14.8. The van der Waals surface area contributed by atoms with Crippen LogP contribution in [0.4, 0.5) is 0 Å². The van der Waals surface area contributed by atoms with Crippen molar-refractivity contribution in [2.75, 3.05) is 6.61 Å². The number of fused-ring (bicyclic) bond motifs is 1. The Kier molecular flexibility index (Phi) is 4.08. The van der Waals surface area contributed by atoms with Crippen molar-refractivity contribution >= 4 is 11.5 Å². The zero-order valence-electron chi connectivity index (χ0n) is 12.3. The van der Waals surface area contributed by atoms with Crippen LogP contribution in [0.1, 0.15) is 48.2 Å². The summed E-state index contributed by atoms with van der Waals surface area (Å²) in [6.07, 6.45) is 1.67. The average Bonchev–Trinajstić information content (AvgIpc) is 2.47. The molecule has 0 unspecified atom stereocenters. The summed E-state index contributed by atoms with van der Waals surface area (Å²) in [5.74, 6) is -0.519. The molecule has 0 saturated carbocycles. The van der Waals surface area contributed by atoms with Gasteiger partial charge in [-0.25, -0.2) is 4.79 Å². The van der Waals surface area contributed by atoms with Gasteiger partial charge in [-0.3, -0.25) is 5.41 Å². The van der Waals surface area contributed by atoms with Gasteiger partial charge in [-0.1, -0.05) is 19.9 Å². The van der Waals surface area contributed by atoms with Crippen molar-refractivity contribution < 1.29 is 9.53 Å². The minimum atomic E-state index is -0.457. The van der Waals surface area contributed by atoms with Crippen LogP contribution in [0, 0.1) is 16.7 Å². The summed E-state index contributed by atoms with van der Waals surface area (Å²) in [6.45, 7) is 5.81. The number of aromatic nitrogens is 1. The molecule has 2 aromatic rings. The Bertz CT molecular complexity index is 797. The lowest BCUT2D eigenvalue weighted by Crippen LogP contribution is -2.24. The van der Waals surface area contributed by atoms with E-state index in [1.807, 2.05) is 13.8 Å². The van der Waals surface area contributed by atoms with Crippen molar-refractivity contribution in [3.8, 4) is 6.07 Å². The number of nitrogens with zero attached hydrogens (tertiary/aromatic N) is 2. The van der Waals surface area contributed by atoms with E-state index in [0.29, 0.717) is 16.6 Å². The molecule has 0 amide bonds. The maximum Gasteiger partial charge on any atom is 0.340 e. The summed E-state index contributed by atoms with van der Waals surface area (Å²) in [7, 11) is 0. The fraction of sp³-hybridized carbons (Fsp3) is 0.312. The number of ether oxygens (including phenoxy) is 1. The predicted octanol–water partition coefficient (Wildman–Crippen LogP) is 2.59. The van der Waals surface area contributed by atoms with Gasteiger partial charge in [0.1, 0.15) is 11.6 Å². The predicted molar refractivity (Wildman–Crippen MR) is 78.0 cm³/mol. The molecule has 0 aliphatic carbocycles. The highest BCUT2D eigenvalue weighted by Gasteiger charge is 2.24. The number of hydrogen-bond donors (Lipinski definition) is 1. The Balaban J connectivity index is 3.01. The molecule has 0 aliphatic rings. The number of carbonyl (C=O) groups is 1. The molecule has 2 heterocycles. The van der Waals surface area contributed by atoms with E-state index in [1.165, 1.54) is 4.40 Å². The third kappa shape index (κ3) is 2.40. The zero-order valence-corrected chi connectivity index (χ0v) is 12.3. The fourth-order valence-corrected chi connectivity index (χ4v) is 2.46. The second kappa shape index (κ2) is 5.80. The second-order valence-electron chi connectivity index (χ2n) is 4.96. The van der Waals surface area contributed by atoms with E-state index in [0.717, 1.165) is 0 Å². The summed E-state index contributed by atoms with van der Waals surface area (Å²) < 4.78 is 6.68. The highest BCUT2D eigenvalue weighted by Crippen LogP contribution is 2.26. The first-order chi connectivity index (χ1) is 10.0. The Morgan fingerprint density at radius 2 is 2.19 bits per heavy atom. The smallest absolute Gasteiger partial charge is 0.340 e. The molecule has 21 heavy (non-hydrogen) atoms. The Morgan fingerprint density at radius 1 is 1.48 bits per heavy atom. The highest BCUT2D eigenvalue weighted by molar-refractivity contribution is 5.99. The van der Waals surface area contributed by atoms with E-state index >= 15 is 0 Å². The van der Waals surface area contributed by atoms with Gasteiger partial charge in [-0.15, -0.1) is 0 Å². The third-order valence-electron chi connectivity index (χ3n) is 3.30. The van der Waals surface area contributed by atoms with E-state index in [9.17, 15) is 10.1 Å². The van der Waals surface area contributed by atoms with E-state index in [2.05, 4.69) is 6.07 Å². The molecule has 2 aromatic heterocycles. The summed E-state index contributed by atoms with van der Waals surface area (Å²) in [4.78, 5) is 12.4. The monoisotopic (exact) mass is 283 g/mol. The molecule has 2 rings (SSSR count). The van der Waals surface area contributed by atoms with Gasteiger partial charge >= 0.3 is 5.97 Å². The first-order valence-corrected chi connectivity index (χ1v) is 6.82. The van der Waals surface area contributed by atoms with Crippen molar-refractivity contribution in [1.82, 2.24) is 4.40 Å². The van der Waals surface area contributed by atoms with Crippen molar-refractivity contribution in [1.29, 1.82) is 10.7 Å². The second-order valence-corrected chi connectivity index (χ2v) is 4.96. The molecular formula is C16H17N3O2. The SMILES string of the molecule is CCOC(=O)c1c(C(C)C)c(C#N)c(=N)n2ccccc12. The lowest BCUT2D eigenvalue weighted by molar-refractivity contribution is 0.0526. The number of hydrogen-bond acceptors (Lipinski definition) is 4. The lowest BCUT2D eigenvalue weighted by atomic mass is 9.92. The number of nitrogens with one attached hydrogen (secondary N) is 1. The Morgan fingerprint density at radius 3 is 2.76 bits per heavy atom. The molecule has 0 bridgehead atoms. The minimum absolute atomic E-state index is 0.0617. The largest absolute Gasteiger partial charge is 0.462 e. The highest BCUT2D eigenvalue weighted by atomic mass is 16.5. The quantitative estimate of drug-likeness (QED) is 0.879. The molecule has 0 spiro atoms. The first-order valence-electron chi connectivity index (χ1n) is 6.82. The van der Waals surface area contributed by atoms with Gasteiger partial charge in [-0.2, -0.15) is 5.26 Å². The van der Waals surface area contributed by atoms with E-state index in [-0.39, 0.29) is 23.6 Å².